The van der Waals surface area contributed by atoms with Crippen molar-refractivity contribution in [2.45, 2.75) is 51.7 Å². The van der Waals surface area contributed by atoms with Gasteiger partial charge in [0.2, 0.25) is 0 Å². The van der Waals surface area contributed by atoms with E-state index < -0.39 is 11.7 Å². The molecule has 0 radical (unpaired) electrons. The molecule has 0 aliphatic carbocycles. The van der Waals surface area contributed by atoms with Gasteiger partial charge in [-0.05, 0) is 52.2 Å². The van der Waals surface area contributed by atoms with E-state index in [2.05, 4.69) is 5.32 Å². The largest absolute Gasteiger partial charge is 0.486 e. The fourth-order valence-electron chi connectivity index (χ4n) is 3.39. The number of piperidine rings is 1. The van der Waals surface area contributed by atoms with Crippen LogP contribution in [-0.4, -0.2) is 54.8 Å². The topological polar surface area (TPSA) is 77.1 Å². The van der Waals surface area contributed by atoms with Crippen LogP contribution >= 0.6 is 0 Å². The van der Waals surface area contributed by atoms with Crippen molar-refractivity contribution < 1.29 is 23.8 Å². The fourth-order valence-corrected chi connectivity index (χ4v) is 3.39. The molecule has 2 amide bonds. The van der Waals surface area contributed by atoms with Gasteiger partial charge in [-0.3, -0.25) is 4.79 Å². The van der Waals surface area contributed by atoms with E-state index in [1.54, 1.807) is 12.1 Å². The quantitative estimate of drug-likeness (QED) is 0.878. The fraction of sp³-hybridized carbons (Fsp3) is 0.600. The maximum Gasteiger partial charge on any atom is 0.407 e. The van der Waals surface area contributed by atoms with Crippen molar-refractivity contribution in [1.82, 2.24) is 10.2 Å². The lowest BCUT2D eigenvalue weighted by Crippen LogP contribution is -2.50. The van der Waals surface area contributed by atoms with Crippen LogP contribution in [0.2, 0.25) is 0 Å². The summed E-state index contributed by atoms with van der Waals surface area (Å²) in [6, 6.07) is 5.31. The van der Waals surface area contributed by atoms with Crippen molar-refractivity contribution in [2.75, 3.05) is 26.3 Å². The lowest BCUT2D eigenvalue weighted by molar-refractivity contribution is 0.0460. The zero-order chi connectivity index (χ0) is 19.4. The first kappa shape index (κ1) is 19.3. The minimum atomic E-state index is -0.549. The van der Waals surface area contributed by atoms with E-state index in [0.717, 1.165) is 19.3 Å². The first-order valence-electron chi connectivity index (χ1n) is 9.51. The van der Waals surface area contributed by atoms with E-state index in [4.69, 9.17) is 14.2 Å². The van der Waals surface area contributed by atoms with Crippen molar-refractivity contribution in [1.29, 1.82) is 0 Å². The van der Waals surface area contributed by atoms with Gasteiger partial charge in [-0.1, -0.05) is 6.07 Å². The minimum absolute atomic E-state index is 0.0702. The number of amides is 2. The zero-order valence-electron chi connectivity index (χ0n) is 16.2. The molecule has 0 aromatic heterocycles. The van der Waals surface area contributed by atoms with Crippen LogP contribution in [0, 0.1) is 0 Å². The highest BCUT2D eigenvalue weighted by Crippen LogP contribution is 2.35. The molecule has 0 bridgehead atoms. The molecule has 1 atom stereocenters. The molecule has 7 heteroatoms. The molecule has 2 aliphatic rings. The highest BCUT2D eigenvalue weighted by Gasteiger charge is 2.31. The standard InChI is InChI=1S/C20H28N2O5/c1-20(2,3)27-19(24)21-13-14-7-4-5-10-22(14)18(23)15-8-6-9-16-17(15)26-12-11-25-16/h6,8-9,14H,4-5,7,10-13H2,1-3H3,(H,21,24)/t14-/m0/s1. The van der Waals surface area contributed by atoms with Gasteiger partial charge in [0.15, 0.2) is 11.5 Å². The molecule has 27 heavy (non-hydrogen) atoms. The number of carbonyl (C=O) groups is 2. The summed E-state index contributed by atoms with van der Waals surface area (Å²) >= 11 is 0. The summed E-state index contributed by atoms with van der Waals surface area (Å²) < 4.78 is 16.6. The molecule has 1 aromatic rings. The summed E-state index contributed by atoms with van der Waals surface area (Å²) in [6.07, 6.45) is 2.35. The SMILES string of the molecule is CC(C)(C)OC(=O)NC[C@@H]1CCCCN1C(=O)c1cccc2c1OCCO2. The summed E-state index contributed by atoms with van der Waals surface area (Å²) in [7, 11) is 0. The molecule has 0 unspecified atom stereocenters. The Labute approximate surface area is 160 Å². The van der Waals surface area contributed by atoms with Gasteiger partial charge < -0.3 is 24.4 Å². The molecule has 1 aromatic carbocycles. The maximum atomic E-state index is 13.2. The molecule has 148 valence electrons. The van der Waals surface area contributed by atoms with Gasteiger partial charge in [-0.15, -0.1) is 0 Å². The van der Waals surface area contributed by atoms with E-state index in [0.29, 0.717) is 43.4 Å². The first-order valence-corrected chi connectivity index (χ1v) is 9.51. The zero-order valence-corrected chi connectivity index (χ0v) is 16.2. The Morgan fingerprint density at radius 3 is 2.78 bits per heavy atom. The Morgan fingerprint density at radius 2 is 2.00 bits per heavy atom. The highest BCUT2D eigenvalue weighted by atomic mass is 16.6. The van der Waals surface area contributed by atoms with E-state index in [-0.39, 0.29) is 11.9 Å². The smallest absolute Gasteiger partial charge is 0.407 e. The summed E-state index contributed by atoms with van der Waals surface area (Å²) in [5.41, 5.74) is -0.0385. The number of likely N-dealkylation sites (tertiary alicyclic amines) is 1. The third-order valence-electron chi connectivity index (χ3n) is 4.57. The van der Waals surface area contributed by atoms with Gasteiger partial charge in [-0.25, -0.2) is 4.79 Å². The number of rotatable bonds is 3. The number of fused-ring (bicyclic) bond motifs is 1. The van der Waals surface area contributed by atoms with E-state index in [1.807, 2.05) is 31.7 Å². The van der Waals surface area contributed by atoms with Crippen molar-refractivity contribution >= 4 is 12.0 Å². The van der Waals surface area contributed by atoms with Gasteiger partial charge in [0.05, 0.1) is 5.56 Å². The van der Waals surface area contributed by atoms with Gasteiger partial charge in [0.1, 0.15) is 18.8 Å². The van der Waals surface area contributed by atoms with Crippen LogP contribution in [-0.2, 0) is 4.74 Å². The van der Waals surface area contributed by atoms with Crippen molar-refractivity contribution in [3.05, 3.63) is 23.8 Å². The van der Waals surface area contributed by atoms with Gasteiger partial charge >= 0.3 is 6.09 Å². The Kier molecular flexibility index (Phi) is 5.77. The van der Waals surface area contributed by atoms with Crippen LogP contribution in [0.1, 0.15) is 50.4 Å². The molecule has 1 N–H and O–H groups in total. The summed E-state index contributed by atoms with van der Waals surface area (Å²) in [5.74, 6) is 1.03. The van der Waals surface area contributed by atoms with E-state index in [9.17, 15) is 9.59 Å². The second-order valence-electron chi connectivity index (χ2n) is 7.86. The number of hydrogen-bond donors (Lipinski definition) is 1. The van der Waals surface area contributed by atoms with Crippen LogP contribution in [0.4, 0.5) is 4.79 Å². The molecule has 0 spiro atoms. The van der Waals surface area contributed by atoms with Crippen LogP contribution < -0.4 is 14.8 Å². The molecule has 0 saturated carbocycles. The van der Waals surface area contributed by atoms with Gasteiger partial charge in [0, 0.05) is 19.1 Å². The first-order chi connectivity index (χ1) is 12.8. The molecular weight excluding hydrogens is 348 g/mol. The Hall–Kier alpha value is -2.44. The van der Waals surface area contributed by atoms with Crippen LogP contribution in [0.3, 0.4) is 0 Å². The average Bonchev–Trinajstić information content (AvgIpc) is 2.64. The molecular formula is C20H28N2O5. The summed E-state index contributed by atoms with van der Waals surface area (Å²) in [5, 5.41) is 2.80. The number of nitrogens with one attached hydrogen (secondary N) is 1. The monoisotopic (exact) mass is 376 g/mol. The number of hydrogen-bond acceptors (Lipinski definition) is 5. The van der Waals surface area contributed by atoms with Crippen molar-refractivity contribution in [2.24, 2.45) is 0 Å². The molecule has 2 heterocycles. The van der Waals surface area contributed by atoms with Crippen LogP contribution in [0.15, 0.2) is 18.2 Å². The number of alkyl carbamates (subject to hydrolysis) is 1. The number of carbonyl (C=O) groups excluding carboxylic acids is 2. The van der Waals surface area contributed by atoms with Crippen LogP contribution in [0.5, 0.6) is 11.5 Å². The third-order valence-corrected chi connectivity index (χ3v) is 4.57. The van der Waals surface area contributed by atoms with Crippen LogP contribution in [0.25, 0.3) is 0 Å². The number of para-hydroxylation sites is 1. The Morgan fingerprint density at radius 1 is 1.22 bits per heavy atom. The molecule has 1 saturated heterocycles. The number of nitrogens with zero attached hydrogens (tertiary/aromatic N) is 1. The van der Waals surface area contributed by atoms with Gasteiger partial charge in [0.25, 0.3) is 5.91 Å². The lowest BCUT2D eigenvalue weighted by atomic mass is 10.00. The third kappa shape index (κ3) is 4.84. The number of benzene rings is 1. The normalized spacial score (nSPS) is 19.4. The highest BCUT2D eigenvalue weighted by molar-refractivity contribution is 5.98. The molecule has 2 aliphatic heterocycles. The average molecular weight is 376 g/mol. The second kappa shape index (κ2) is 8.06. The maximum absolute atomic E-state index is 13.2. The Bertz CT molecular complexity index is 698. The molecule has 3 rings (SSSR count). The molecule has 7 nitrogen and oxygen atoms in total. The van der Waals surface area contributed by atoms with E-state index in [1.165, 1.54) is 0 Å². The van der Waals surface area contributed by atoms with E-state index >= 15 is 0 Å². The predicted octanol–water partition coefficient (Wildman–Crippen LogP) is 2.98. The van der Waals surface area contributed by atoms with Crippen molar-refractivity contribution in [3.63, 3.8) is 0 Å². The Balaban J connectivity index is 1.70. The second-order valence-corrected chi connectivity index (χ2v) is 7.86. The van der Waals surface area contributed by atoms with Crippen molar-refractivity contribution in [3.8, 4) is 11.5 Å². The lowest BCUT2D eigenvalue weighted by Gasteiger charge is -2.36. The predicted molar refractivity (Wildman–Crippen MR) is 100 cm³/mol. The number of ether oxygens (including phenoxy) is 3. The van der Waals surface area contributed by atoms with Gasteiger partial charge in [-0.2, -0.15) is 0 Å². The summed E-state index contributed by atoms with van der Waals surface area (Å²) in [4.78, 5) is 27.0. The minimum Gasteiger partial charge on any atom is -0.486 e. The summed E-state index contributed by atoms with van der Waals surface area (Å²) in [6.45, 7) is 7.41. The molecule has 1 fully saturated rings.